The number of carbonyl (C=O) groups is 2. The van der Waals surface area contributed by atoms with Gasteiger partial charge in [-0.25, -0.2) is 4.79 Å². The molecule has 0 unspecified atom stereocenters. The monoisotopic (exact) mass is 198 g/mol. The summed E-state index contributed by atoms with van der Waals surface area (Å²) in [4.78, 5) is 22.6. The van der Waals surface area contributed by atoms with E-state index in [1.165, 1.54) is 0 Å². The number of hydrogen-bond donors (Lipinski definition) is 0. The molecule has 3 nitrogen and oxygen atoms in total. The van der Waals surface area contributed by atoms with Crippen LogP contribution in [0.25, 0.3) is 10.8 Å². The quantitative estimate of drug-likeness (QED) is 0.369. The zero-order valence-electron chi connectivity index (χ0n) is 7.69. The molecule has 0 spiro atoms. The van der Waals surface area contributed by atoms with Crippen LogP contribution in [0.15, 0.2) is 36.4 Å². The number of carbonyl (C=O) groups excluding carboxylic acids is 2. The van der Waals surface area contributed by atoms with Gasteiger partial charge in [0.15, 0.2) is 0 Å². The molecule has 0 aliphatic carbocycles. The van der Waals surface area contributed by atoms with E-state index in [1.807, 2.05) is 30.3 Å². The molecular formula is C12H6O3. The van der Waals surface area contributed by atoms with Gasteiger partial charge in [0.05, 0.1) is 5.56 Å². The Morgan fingerprint density at radius 3 is 2.60 bits per heavy atom. The first-order valence-electron chi connectivity index (χ1n) is 4.55. The van der Waals surface area contributed by atoms with Crippen molar-refractivity contribution in [3.05, 3.63) is 42.0 Å². The molecule has 0 saturated heterocycles. The molecule has 0 aromatic heterocycles. The molecular weight excluding hydrogens is 192 g/mol. The topological polar surface area (TPSA) is 43.4 Å². The lowest BCUT2D eigenvalue weighted by molar-refractivity contribution is -0.128. The smallest absolute Gasteiger partial charge is 0.385 e. The molecule has 1 aliphatic heterocycles. The normalized spacial score (nSPS) is 14.1. The first-order valence-corrected chi connectivity index (χ1v) is 4.55. The second kappa shape index (κ2) is 2.67. The molecule has 0 radical (unpaired) electrons. The van der Waals surface area contributed by atoms with E-state index in [0.717, 1.165) is 10.8 Å². The van der Waals surface area contributed by atoms with E-state index < -0.39 is 11.8 Å². The van der Waals surface area contributed by atoms with Gasteiger partial charge >= 0.3 is 5.97 Å². The third-order valence-corrected chi connectivity index (χ3v) is 2.51. The molecule has 0 bridgehead atoms. The average molecular weight is 198 g/mol. The summed E-state index contributed by atoms with van der Waals surface area (Å²) in [5.74, 6) is -0.980. The van der Waals surface area contributed by atoms with E-state index in [-0.39, 0.29) is 0 Å². The number of hydrogen-bond acceptors (Lipinski definition) is 3. The summed E-state index contributed by atoms with van der Waals surface area (Å²) in [6.45, 7) is 0. The molecule has 15 heavy (non-hydrogen) atoms. The summed E-state index contributed by atoms with van der Waals surface area (Å²) in [5.41, 5.74) is 0.387. The Kier molecular flexibility index (Phi) is 1.45. The summed E-state index contributed by atoms with van der Waals surface area (Å²) >= 11 is 0. The molecule has 0 saturated carbocycles. The molecule has 3 rings (SSSR count). The van der Waals surface area contributed by atoms with Crippen molar-refractivity contribution in [2.24, 2.45) is 0 Å². The summed E-state index contributed by atoms with van der Waals surface area (Å²) in [6.07, 6.45) is 0. The van der Waals surface area contributed by atoms with Crippen molar-refractivity contribution in [2.75, 3.05) is 0 Å². The second-order valence-electron chi connectivity index (χ2n) is 3.38. The van der Waals surface area contributed by atoms with E-state index in [2.05, 4.69) is 0 Å². The van der Waals surface area contributed by atoms with E-state index in [1.54, 1.807) is 6.07 Å². The average Bonchev–Trinajstić information content (AvgIpc) is 2.55. The lowest BCUT2D eigenvalue weighted by atomic mass is 10.0. The van der Waals surface area contributed by atoms with Crippen LogP contribution in [0.3, 0.4) is 0 Å². The Morgan fingerprint density at radius 1 is 0.933 bits per heavy atom. The van der Waals surface area contributed by atoms with E-state index >= 15 is 0 Å². The lowest BCUT2D eigenvalue weighted by Crippen LogP contribution is -2.10. The molecule has 1 heterocycles. The van der Waals surface area contributed by atoms with Gasteiger partial charge in [-0.05, 0) is 16.8 Å². The number of rotatable bonds is 0. The highest BCUT2D eigenvalue weighted by molar-refractivity contribution is 6.46. The predicted molar refractivity (Wildman–Crippen MR) is 53.9 cm³/mol. The van der Waals surface area contributed by atoms with Gasteiger partial charge in [-0.1, -0.05) is 30.3 Å². The number of fused-ring (bicyclic) bond motifs is 3. The minimum Gasteiger partial charge on any atom is -0.420 e. The number of Topliss-reactive ketones (excluding diaryl/α,β-unsaturated/α-hetero) is 1. The molecule has 3 heteroatoms. The van der Waals surface area contributed by atoms with Crippen LogP contribution >= 0.6 is 0 Å². The van der Waals surface area contributed by atoms with Crippen molar-refractivity contribution in [2.45, 2.75) is 0 Å². The Morgan fingerprint density at radius 2 is 1.73 bits per heavy atom. The lowest BCUT2D eigenvalue weighted by Gasteiger charge is -2.00. The maximum Gasteiger partial charge on any atom is 0.385 e. The Balaban J connectivity index is 2.45. The number of ketones is 1. The van der Waals surface area contributed by atoms with Crippen molar-refractivity contribution in [3.63, 3.8) is 0 Å². The first kappa shape index (κ1) is 8.17. The van der Waals surface area contributed by atoms with Crippen molar-refractivity contribution in [1.29, 1.82) is 0 Å². The Bertz CT molecular complexity index is 599. The highest BCUT2D eigenvalue weighted by Crippen LogP contribution is 2.32. The fraction of sp³-hybridized carbons (Fsp3) is 0. The van der Waals surface area contributed by atoms with Gasteiger partial charge in [0.1, 0.15) is 5.75 Å². The van der Waals surface area contributed by atoms with Crippen molar-refractivity contribution < 1.29 is 14.3 Å². The third-order valence-electron chi connectivity index (χ3n) is 2.51. The minimum absolute atomic E-state index is 0.365. The molecule has 0 N–H and O–H groups in total. The van der Waals surface area contributed by atoms with Gasteiger partial charge in [-0.15, -0.1) is 0 Å². The van der Waals surface area contributed by atoms with Gasteiger partial charge in [-0.2, -0.15) is 0 Å². The SMILES string of the molecule is O=C1Oc2ccc3ccccc3c2C1=O. The van der Waals surface area contributed by atoms with Crippen LogP contribution in [-0.2, 0) is 4.79 Å². The fourth-order valence-corrected chi connectivity index (χ4v) is 1.82. The standard InChI is InChI=1S/C12H6O3/c13-11-10-8-4-2-1-3-7(8)5-6-9(10)15-12(11)14/h1-6H. The maximum absolute atomic E-state index is 11.5. The molecule has 0 atom stereocenters. The van der Waals surface area contributed by atoms with E-state index in [0.29, 0.717) is 11.3 Å². The number of benzene rings is 2. The summed E-state index contributed by atoms with van der Waals surface area (Å²) in [7, 11) is 0. The van der Waals surface area contributed by atoms with Crippen LogP contribution in [0.2, 0.25) is 0 Å². The number of ether oxygens (including phenoxy) is 1. The van der Waals surface area contributed by atoms with Crippen molar-refractivity contribution in [3.8, 4) is 5.75 Å². The first-order chi connectivity index (χ1) is 7.27. The van der Waals surface area contributed by atoms with Crippen molar-refractivity contribution >= 4 is 22.5 Å². The maximum atomic E-state index is 11.5. The van der Waals surface area contributed by atoms with Crippen LogP contribution in [0.1, 0.15) is 10.4 Å². The highest BCUT2D eigenvalue weighted by Gasteiger charge is 2.32. The van der Waals surface area contributed by atoms with Gasteiger partial charge in [0.25, 0.3) is 5.78 Å². The molecule has 0 fully saturated rings. The third kappa shape index (κ3) is 1.00. The van der Waals surface area contributed by atoms with Gasteiger partial charge in [0, 0.05) is 0 Å². The molecule has 1 aliphatic rings. The van der Waals surface area contributed by atoms with Crippen LogP contribution in [-0.4, -0.2) is 11.8 Å². The minimum atomic E-state index is -0.790. The van der Waals surface area contributed by atoms with Gasteiger partial charge in [0.2, 0.25) is 0 Å². The van der Waals surface area contributed by atoms with Crippen LogP contribution in [0.5, 0.6) is 5.75 Å². The Hall–Kier alpha value is -2.16. The second-order valence-corrected chi connectivity index (χ2v) is 3.38. The zero-order chi connectivity index (χ0) is 10.4. The van der Waals surface area contributed by atoms with Crippen LogP contribution < -0.4 is 4.74 Å². The van der Waals surface area contributed by atoms with Crippen molar-refractivity contribution in [1.82, 2.24) is 0 Å². The van der Waals surface area contributed by atoms with Crippen LogP contribution in [0.4, 0.5) is 0 Å². The van der Waals surface area contributed by atoms with Crippen LogP contribution in [0, 0.1) is 0 Å². The summed E-state index contributed by atoms with van der Waals surface area (Å²) in [6, 6.07) is 10.9. The Labute approximate surface area is 85.3 Å². The molecule has 2 aromatic rings. The predicted octanol–water partition coefficient (Wildman–Crippen LogP) is 1.94. The summed E-state index contributed by atoms with van der Waals surface area (Å²) in [5, 5.41) is 1.70. The van der Waals surface area contributed by atoms with E-state index in [9.17, 15) is 9.59 Å². The van der Waals surface area contributed by atoms with E-state index in [4.69, 9.17) is 4.74 Å². The van der Waals surface area contributed by atoms with Gasteiger partial charge in [-0.3, -0.25) is 4.79 Å². The fourth-order valence-electron chi connectivity index (χ4n) is 1.82. The summed E-state index contributed by atoms with van der Waals surface area (Å²) < 4.78 is 4.84. The highest BCUT2D eigenvalue weighted by atomic mass is 16.5. The van der Waals surface area contributed by atoms with Gasteiger partial charge < -0.3 is 4.74 Å². The molecule has 72 valence electrons. The molecule has 0 amide bonds. The molecule has 2 aromatic carbocycles. The number of esters is 1. The largest absolute Gasteiger partial charge is 0.420 e. The zero-order valence-corrected chi connectivity index (χ0v) is 7.69.